The van der Waals surface area contributed by atoms with E-state index in [1.807, 2.05) is 0 Å². The van der Waals surface area contributed by atoms with Gasteiger partial charge in [0.15, 0.2) is 0 Å². The summed E-state index contributed by atoms with van der Waals surface area (Å²) >= 11 is 0. The number of piperidine rings is 1. The lowest BCUT2D eigenvalue weighted by Gasteiger charge is -2.34. The topological polar surface area (TPSA) is 86.9 Å². The molecule has 0 aromatic heterocycles. The predicted octanol–water partition coefficient (Wildman–Crippen LogP) is -0.394. The SMILES string of the molecule is CN(CCCN)S(=O)(=O)N1CCCC(CCO)C1. The molecule has 0 aromatic rings. The lowest BCUT2D eigenvalue weighted by atomic mass is 9.97. The molecule has 1 saturated heterocycles. The minimum Gasteiger partial charge on any atom is -0.396 e. The van der Waals surface area contributed by atoms with E-state index in [4.69, 9.17) is 10.8 Å². The van der Waals surface area contributed by atoms with E-state index < -0.39 is 10.2 Å². The standard InChI is InChI=1S/C11H25N3O3S/c1-13(7-3-6-12)18(16,17)14-8-2-4-11(10-14)5-9-15/h11,15H,2-10,12H2,1H3. The van der Waals surface area contributed by atoms with Gasteiger partial charge in [0.2, 0.25) is 0 Å². The van der Waals surface area contributed by atoms with Crippen molar-refractivity contribution in [2.75, 3.05) is 39.8 Å². The maximum atomic E-state index is 12.3. The summed E-state index contributed by atoms with van der Waals surface area (Å²) in [4.78, 5) is 0. The maximum Gasteiger partial charge on any atom is 0.281 e. The third-order valence-corrected chi connectivity index (χ3v) is 5.37. The number of nitrogens with zero attached hydrogens (tertiary/aromatic N) is 2. The average Bonchev–Trinajstić information content (AvgIpc) is 2.36. The first kappa shape index (κ1) is 15.8. The highest BCUT2D eigenvalue weighted by Crippen LogP contribution is 2.22. The van der Waals surface area contributed by atoms with Crippen molar-refractivity contribution >= 4 is 10.2 Å². The molecule has 1 aliphatic heterocycles. The Morgan fingerprint density at radius 1 is 1.50 bits per heavy atom. The van der Waals surface area contributed by atoms with E-state index in [1.54, 1.807) is 7.05 Å². The molecular weight excluding hydrogens is 254 g/mol. The van der Waals surface area contributed by atoms with E-state index >= 15 is 0 Å². The molecular formula is C11H25N3O3S. The van der Waals surface area contributed by atoms with E-state index in [2.05, 4.69) is 0 Å². The van der Waals surface area contributed by atoms with Crippen molar-refractivity contribution in [3.63, 3.8) is 0 Å². The van der Waals surface area contributed by atoms with E-state index in [0.29, 0.717) is 39.0 Å². The van der Waals surface area contributed by atoms with Gasteiger partial charge in [-0.2, -0.15) is 17.0 Å². The second kappa shape index (κ2) is 7.40. The number of hydrogen-bond acceptors (Lipinski definition) is 4. The Bertz CT molecular complexity index is 332. The number of rotatable bonds is 7. The van der Waals surface area contributed by atoms with Crippen LogP contribution >= 0.6 is 0 Å². The molecule has 1 atom stereocenters. The van der Waals surface area contributed by atoms with Crippen LogP contribution in [0.15, 0.2) is 0 Å². The minimum absolute atomic E-state index is 0.127. The third-order valence-electron chi connectivity index (χ3n) is 3.42. The Morgan fingerprint density at radius 3 is 2.83 bits per heavy atom. The van der Waals surface area contributed by atoms with Gasteiger partial charge in [0, 0.05) is 33.3 Å². The molecule has 108 valence electrons. The van der Waals surface area contributed by atoms with E-state index in [-0.39, 0.29) is 12.5 Å². The number of aliphatic hydroxyl groups excluding tert-OH is 1. The lowest BCUT2D eigenvalue weighted by Crippen LogP contribution is -2.47. The fraction of sp³-hybridized carbons (Fsp3) is 1.00. The molecule has 0 bridgehead atoms. The highest BCUT2D eigenvalue weighted by atomic mass is 32.2. The van der Waals surface area contributed by atoms with Crippen molar-refractivity contribution in [3.05, 3.63) is 0 Å². The van der Waals surface area contributed by atoms with Gasteiger partial charge in [0.1, 0.15) is 0 Å². The summed E-state index contributed by atoms with van der Waals surface area (Å²) in [5, 5.41) is 8.94. The van der Waals surface area contributed by atoms with Crippen LogP contribution in [0, 0.1) is 5.92 Å². The van der Waals surface area contributed by atoms with E-state index in [0.717, 1.165) is 12.8 Å². The molecule has 1 heterocycles. The molecule has 0 saturated carbocycles. The average molecular weight is 279 g/mol. The highest BCUT2D eigenvalue weighted by Gasteiger charge is 2.31. The molecule has 0 spiro atoms. The van der Waals surface area contributed by atoms with E-state index in [9.17, 15) is 8.42 Å². The van der Waals surface area contributed by atoms with Crippen LogP contribution in [0.25, 0.3) is 0 Å². The third kappa shape index (κ3) is 4.17. The first-order valence-corrected chi connectivity index (χ1v) is 7.94. The van der Waals surface area contributed by atoms with Crippen molar-refractivity contribution in [1.82, 2.24) is 8.61 Å². The molecule has 1 fully saturated rings. The largest absolute Gasteiger partial charge is 0.396 e. The second-order valence-corrected chi connectivity index (χ2v) is 6.89. The normalized spacial score (nSPS) is 22.6. The number of hydrogen-bond donors (Lipinski definition) is 2. The zero-order chi connectivity index (χ0) is 13.6. The zero-order valence-electron chi connectivity index (χ0n) is 11.1. The smallest absolute Gasteiger partial charge is 0.281 e. The van der Waals surface area contributed by atoms with Gasteiger partial charge in [0.05, 0.1) is 0 Å². The van der Waals surface area contributed by atoms with Crippen LogP contribution in [0.2, 0.25) is 0 Å². The van der Waals surface area contributed by atoms with Gasteiger partial charge < -0.3 is 10.8 Å². The Kier molecular flexibility index (Phi) is 6.51. The molecule has 0 aliphatic carbocycles. The molecule has 0 amide bonds. The van der Waals surface area contributed by atoms with Crippen molar-refractivity contribution in [3.8, 4) is 0 Å². The molecule has 1 rings (SSSR count). The molecule has 18 heavy (non-hydrogen) atoms. The van der Waals surface area contributed by atoms with Crippen LogP contribution in [0.5, 0.6) is 0 Å². The van der Waals surface area contributed by atoms with Gasteiger partial charge in [-0.15, -0.1) is 0 Å². The molecule has 7 heteroatoms. The monoisotopic (exact) mass is 279 g/mol. The van der Waals surface area contributed by atoms with Crippen LogP contribution in [-0.4, -0.2) is 62.0 Å². The lowest BCUT2D eigenvalue weighted by molar-refractivity contribution is 0.197. The van der Waals surface area contributed by atoms with E-state index in [1.165, 1.54) is 8.61 Å². The summed E-state index contributed by atoms with van der Waals surface area (Å²) in [6, 6.07) is 0. The van der Waals surface area contributed by atoms with Crippen LogP contribution in [0.4, 0.5) is 0 Å². The number of nitrogens with two attached hydrogens (primary N) is 1. The minimum atomic E-state index is -3.36. The summed E-state index contributed by atoms with van der Waals surface area (Å²) in [5.41, 5.74) is 5.40. The van der Waals surface area contributed by atoms with Gasteiger partial charge in [-0.25, -0.2) is 0 Å². The first-order chi connectivity index (χ1) is 8.52. The molecule has 0 aromatic carbocycles. The van der Waals surface area contributed by atoms with Crippen LogP contribution < -0.4 is 5.73 Å². The van der Waals surface area contributed by atoms with Crippen molar-refractivity contribution in [1.29, 1.82) is 0 Å². The molecule has 6 nitrogen and oxygen atoms in total. The molecule has 1 aliphatic rings. The maximum absolute atomic E-state index is 12.3. The summed E-state index contributed by atoms with van der Waals surface area (Å²) in [7, 11) is -1.76. The van der Waals surface area contributed by atoms with Crippen molar-refractivity contribution < 1.29 is 13.5 Å². The van der Waals surface area contributed by atoms with Gasteiger partial charge in [-0.05, 0) is 38.1 Å². The summed E-state index contributed by atoms with van der Waals surface area (Å²) in [6.45, 7) is 2.18. The number of aliphatic hydroxyl groups is 1. The first-order valence-electron chi connectivity index (χ1n) is 6.54. The van der Waals surface area contributed by atoms with Crippen molar-refractivity contribution in [2.24, 2.45) is 11.7 Å². The Balaban J connectivity index is 2.60. The quantitative estimate of drug-likeness (QED) is 0.664. The highest BCUT2D eigenvalue weighted by molar-refractivity contribution is 7.86. The van der Waals surface area contributed by atoms with Crippen molar-refractivity contribution in [2.45, 2.75) is 25.7 Å². The Morgan fingerprint density at radius 2 is 2.22 bits per heavy atom. The summed E-state index contributed by atoms with van der Waals surface area (Å²) in [5.74, 6) is 0.279. The Labute approximate surface area is 110 Å². The summed E-state index contributed by atoms with van der Waals surface area (Å²) < 4.78 is 27.5. The molecule has 3 N–H and O–H groups in total. The fourth-order valence-corrected chi connectivity index (χ4v) is 3.79. The Hall–Kier alpha value is -0.210. The zero-order valence-corrected chi connectivity index (χ0v) is 11.9. The van der Waals surface area contributed by atoms with Gasteiger partial charge in [-0.3, -0.25) is 0 Å². The second-order valence-electron chi connectivity index (χ2n) is 4.85. The van der Waals surface area contributed by atoms with Gasteiger partial charge >= 0.3 is 0 Å². The van der Waals surface area contributed by atoms with Crippen LogP contribution in [0.3, 0.4) is 0 Å². The fourth-order valence-electron chi connectivity index (χ4n) is 2.28. The van der Waals surface area contributed by atoms with Gasteiger partial charge in [-0.1, -0.05) is 0 Å². The molecule has 0 radical (unpaired) electrons. The van der Waals surface area contributed by atoms with Crippen LogP contribution in [0.1, 0.15) is 25.7 Å². The van der Waals surface area contributed by atoms with Gasteiger partial charge in [0.25, 0.3) is 10.2 Å². The summed E-state index contributed by atoms with van der Waals surface area (Å²) in [6.07, 6.45) is 3.22. The molecule has 1 unspecified atom stereocenters. The van der Waals surface area contributed by atoms with Crippen LogP contribution in [-0.2, 0) is 10.2 Å². The predicted molar refractivity (Wildman–Crippen MR) is 71.2 cm³/mol.